The first-order chi connectivity index (χ1) is 10.1. The summed E-state index contributed by atoms with van der Waals surface area (Å²) in [5.74, 6) is 2.83. The molecule has 0 fully saturated rings. The first-order valence-corrected chi connectivity index (χ1v) is 7.61. The van der Waals surface area contributed by atoms with Crippen molar-refractivity contribution in [2.24, 2.45) is 0 Å². The molecule has 1 aliphatic heterocycles. The monoisotopic (exact) mass is 300 g/mol. The summed E-state index contributed by atoms with van der Waals surface area (Å²) in [5, 5.41) is 0. The molecule has 0 unspecified atom stereocenters. The maximum atomic E-state index is 12.4. The molecule has 0 aromatic heterocycles. The van der Waals surface area contributed by atoms with Gasteiger partial charge in [0.2, 0.25) is 0 Å². The maximum absolute atomic E-state index is 12.4. The fraction of sp³-hybridized carbons (Fsp3) is 0.526. The van der Waals surface area contributed by atoms with Crippen molar-refractivity contribution in [3.63, 3.8) is 0 Å². The van der Waals surface area contributed by atoms with Gasteiger partial charge in [0.25, 0.3) is 0 Å². The Kier molecular flexibility index (Phi) is 4.00. The van der Waals surface area contributed by atoms with E-state index in [4.69, 9.17) is 15.9 Å². The summed E-state index contributed by atoms with van der Waals surface area (Å²) in [5.41, 5.74) is 1.58. The van der Waals surface area contributed by atoms with Crippen molar-refractivity contribution in [3.05, 3.63) is 28.8 Å². The van der Waals surface area contributed by atoms with Crippen LogP contribution in [0.3, 0.4) is 0 Å². The number of rotatable bonds is 2. The fourth-order valence-electron chi connectivity index (χ4n) is 3.23. The highest BCUT2D eigenvalue weighted by Gasteiger charge is 2.41. The Morgan fingerprint density at radius 1 is 1.32 bits per heavy atom. The van der Waals surface area contributed by atoms with Gasteiger partial charge >= 0.3 is 5.97 Å². The second-order valence-corrected chi connectivity index (χ2v) is 7.42. The van der Waals surface area contributed by atoms with Gasteiger partial charge in [-0.25, -0.2) is 4.79 Å². The largest absolute Gasteiger partial charge is 0.487 e. The van der Waals surface area contributed by atoms with Crippen LogP contribution < -0.4 is 4.74 Å². The van der Waals surface area contributed by atoms with Crippen LogP contribution in [-0.2, 0) is 10.2 Å². The second-order valence-electron chi connectivity index (χ2n) is 7.42. The molecule has 1 aromatic carbocycles. The highest BCUT2D eigenvalue weighted by Crippen LogP contribution is 2.46. The Bertz CT molecular complexity index is 645. The average Bonchev–Trinajstić information content (AvgIpc) is 2.34. The molecule has 3 heteroatoms. The van der Waals surface area contributed by atoms with Gasteiger partial charge in [-0.05, 0) is 51.7 Å². The Morgan fingerprint density at radius 3 is 2.50 bits per heavy atom. The molecule has 0 amide bonds. The van der Waals surface area contributed by atoms with E-state index in [1.165, 1.54) is 0 Å². The van der Waals surface area contributed by atoms with Crippen LogP contribution in [0.15, 0.2) is 12.1 Å². The minimum atomic E-state index is -0.392. The summed E-state index contributed by atoms with van der Waals surface area (Å²) in [4.78, 5) is 12.4. The molecule has 2 rings (SSSR count). The molecule has 0 saturated carbocycles. The van der Waals surface area contributed by atoms with Gasteiger partial charge < -0.3 is 9.47 Å². The molecule has 1 aromatic rings. The number of carbonyl (C=O) groups is 1. The van der Waals surface area contributed by atoms with Crippen molar-refractivity contribution in [2.75, 3.05) is 0 Å². The topological polar surface area (TPSA) is 35.5 Å². The number of terminal acetylenes is 1. The molecule has 22 heavy (non-hydrogen) atoms. The third-order valence-electron chi connectivity index (χ3n) is 3.79. The number of hydrogen-bond donors (Lipinski definition) is 0. The highest BCUT2D eigenvalue weighted by atomic mass is 16.5. The van der Waals surface area contributed by atoms with E-state index >= 15 is 0 Å². The average molecular weight is 300 g/mol. The number of carbonyl (C=O) groups excluding carboxylic acids is 1. The molecule has 1 heterocycles. The van der Waals surface area contributed by atoms with E-state index in [1.807, 2.05) is 33.8 Å². The Balaban J connectivity index is 2.65. The lowest BCUT2D eigenvalue weighted by Crippen LogP contribution is -2.42. The van der Waals surface area contributed by atoms with Crippen LogP contribution in [0.25, 0.3) is 0 Å². The lowest BCUT2D eigenvalue weighted by molar-refractivity contribution is 0.0325. The smallest absolute Gasteiger partial charge is 0.342 e. The normalized spacial score (nSPS) is 18.1. The molecule has 0 atom stereocenters. The first kappa shape index (κ1) is 16.4. The van der Waals surface area contributed by atoms with E-state index in [0.29, 0.717) is 16.9 Å². The number of benzene rings is 1. The predicted octanol–water partition coefficient (Wildman–Crippen LogP) is 4.07. The third kappa shape index (κ3) is 3.11. The molecule has 0 aliphatic carbocycles. The molecular formula is C19H24O3. The van der Waals surface area contributed by atoms with Crippen molar-refractivity contribution in [1.29, 1.82) is 0 Å². The van der Waals surface area contributed by atoms with Gasteiger partial charge in [-0.15, -0.1) is 6.42 Å². The van der Waals surface area contributed by atoms with Crippen molar-refractivity contribution >= 4 is 5.97 Å². The van der Waals surface area contributed by atoms with Crippen LogP contribution in [0.1, 0.15) is 69.4 Å². The molecule has 0 N–H and O–H groups in total. The molecule has 3 nitrogen and oxygen atoms in total. The van der Waals surface area contributed by atoms with Gasteiger partial charge in [0.05, 0.1) is 6.10 Å². The zero-order valence-electron chi connectivity index (χ0n) is 14.2. The van der Waals surface area contributed by atoms with Gasteiger partial charge in [-0.2, -0.15) is 0 Å². The molecule has 1 aliphatic rings. The van der Waals surface area contributed by atoms with E-state index in [9.17, 15) is 4.79 Å². The lowest BCUT2D eigenvalue weighted by atomic mass is 9.72. The van der Waals surface area contributed by atoms with Crippen LogP contribution >= 0.6 is 0 Å². The van der Waals surface area contributed by atoms with E-state index in [0.717, 1.165) is 12.0 Å². The molecule has 118 valence electrons. The Labute approximate surface area is 133 Å². The first-order valence-electron chi connectivity index (χ1n) is 7.61. The SMILES string of the molecule is C#Cc1cc(C(=O)OC(C)C)c2c(c1)C(C)(C)CC(C)(C)O2. The predicted molar refractivity (Wildman–Crippen MR) is 87.3 cm³/mol. The zero-order valence-corrected chi connectivity index (χ0v) is 14.2. The lowest BCUT2D eigenvalue weighted by Gasteiger charge is -2.43. The number of hydrogen-bond acceptors (Lipinski definition) is 3. The molecule has 0 radical (unpaired) electrons. The van der Waals surface area contributed by atoms with E-state index in [2.05, 4.69) is 19.8 Å². The second kappa shape index (κ2) is 5.35. The molecule has 0 spiro atoms. The number of fused-ring (bicyclic) bond motifs is 1. The van der Waals surface area contributed by atoms with Crippen LogP contribution in [-0.4, -0.2) is 17.7 Å². The Hall–Kier alpha value is -1.95. The zero-order chi connectivity index (χ0) is 16.7. The highest BCUT2D eigenvalue weighted by molar-refractivity contribution is 5.94. The quantitative estimate of drug-likeness (QED) is 0.610. The van der Waals surface area contributed by atoms with Crippen molar-refractivity contribution < 1.29 is 14.3 Å². The summed E-state index contributed by atoms with van der Waals surface area (Å²) in [6, 6.07) is 3.62. The van der Waals surface area contributed by atoms with Crippen molar-refractivity contribution in [1.82, 2.24) is 0 Å². The molecular weight excluding hydrogens is 276 g/mol. The van der Waals surface area contributed by atoms with Crippen molar-refractivity contribution in [3.8, 4) is 18.1 Å². The number of esters is 1. The van der Waals surface area contributed by atoms with Gasteiger partial charge in [-0.1, -0.05) is 19.8 Å². The standard InChI is InChI=1S/C19H24O3/c1-8-13-9-14(17(20)21-12(2)3)16-15(10-13)18(4,5)11-19(6,7)22-16/h1,9-10,12H,11H2,2-7H3. The summed E-state index contributed by atoms with van der Waals surface area (Å²) in [6.07, 6.45) is 6.21. The maximum Gasteiger partial charge on any atom is 0.342 e. The number of ether oxygens (including phenoxy) is 2. The summed E-state index contributed by atoms with van der Waals surface area (Å²) in [6.45, 7) is 12.0. The van der Waals surface area contributed by atoms with Crippen LogP contribution in [0.2, 0.25) is 0 Å². The minimum absolute atomic E-state index is 0.128. The third-order valence-corrected chi connectivity index (χ3v) is 3.79. The van der Waals surface area contributed by atoms with Gasteiger partial charge in [0, 0.05) is 11.1 Å². The van der Waals surface area contributed by atoms with E-state index < -0.39 is 5.97 Å². The van der Waals surface area contributed by atoms with E-state index in [-0.39, 0.29) is 17.1 Å². The Morgan fingerprint density at radius 2 is 1.95 bits per heavy atom. The van der Waals surface area contributed by atoms with Gasteiger partial charge in [0.1, 0.15) is 16.9 Å². The minimum Gasteiger partial charge on any atom is -0.487 e. The molecule has 0 saturated heterocycles. The summed E-state index contributed by atoms with van der Waals surface area (Å²) < 4.78 is 11.5. The summed E-state index contributed by atoms with van der Waals surface area (Å²) >= 11 is 0. The van der Waals surface area contributed by atoms with E-state index in [1.54, 1.807) is 6.07 Å². The van der Waals surface area contributed by atoms with Crippen LogP contribution in [0.4, 0.5) is 0 Å². The van der Waals surface area contributed by atoms with Gasteiger partial charge in [0.15, 0.2) is 0 Å². The fourth-order valence-corrected chi connectivity index (χ4v) is 3.23. The van der Waals surface area contributed by atoms with Crippen LogP contribution in [0.5, 0.6) is 5.75 Å². The summed E-state index contributed by atoms with van der Waals surface area (Å²) in [7, 11) is 0. The van der Waals surface area contributed by atoms with Crippen LogP contribution in [0, 0.1) is 12.3 Å². The molecule has 0 bridgehead atoms. The van der Waals surface area contributed by atoms with Crippen molar-refractivity contribution in [2.45, 2.75) is 65.1 Å². The van der Waals surface area contributed by atoms with Gasteiger partial charge in [-0.3, -0.25) is 0 Å².